The Hall–Kier alpha value is -2.02. The van der Waals surface area contributed by atoms with Crippen LogP contribution in [0.2, 0.25) is 0 Å². The van der Waals surface area contributed by atoms with E-state index in [1.165, 1.54) is 44.2 Å². The fourth-order valence-electron chi connectivity index (χ4n) is 1.78. The molecule has 0 saturated heterocycles. The Kier molecular flexibility index (Phi) is 8.18. The molecule has 0 spiro atoms. The van der Waals surface area contributed by atoms with E-state index in [4.69, 9.17) is 0 Å². The van der Waals surface area contributed by atoms with Crippen LogP contribution in [0.4, 0.5) is 5.69 Å². The number of anilines is 1. The van der Waals surface area contributed by atoms with Gasteiger partial charge in [-0.15, -0.1) is 0 Å². The molecule has 0 unspecified atom stereocenters. The Morgan fingerprint density at radius 1 is 1.04 bits per heavy atom. The van der Waals surface area contributed by atoms with Gasteiger partial charge in [-0.3, -0.25) is 4.79 Å². The van der Waals surface area contributed by atoms with Gasteiger partial charge < -0.3 is 14.8 Å². The molecule has 0 aliphatic rings. The zero-order valence-corrected chi connectivity index (χ0v) is 14.3. The quantitative estimate of drug-likeness (QED) is 0.579. The number of ether oxygens (including phenoxy) is 2. The summed E-state index contributed by atoms with van der Waals surface area (Å²) in [5.41, 5.74) is 0.697. The predicted octanol–water partition coefficient (Wildman–Crippen LogP) is 2.73. The zero-order chi connectivity index (χ0) is 17.2. The van der Waals surface area contributed by atoms with Gasteiger partial charge in [0.25, 0.3) is 0 Å². The molecule has 0 aliphatic heterocycles. The van der Waals surface area contributed by atoms with Crippen molar-refractivity contribution in [1.29, 1.82) is 0 Å². The molecule has 1 aromatic carbocycles. The van der Waals surface area contributed by atoms with Crippen molar-refractivity contribution in [3.8, 4) is 0 Å². The van der Waals surface area contributed by atoms with E-state index in [-0.39, 0.29) is 17.0 Å². The topological polar surface area (TPSA) is 81.7 Å². The summed E-state index contributed by atoms with van der Waals surface area (Å²) in [7, 11) is 2.49. The molecule has 1 N–H and O–H groups in total. The summed E-state index contributed by atoms with van der Waals surface area (Å²) >= 11 is 1.54. The fraction of sp³-hybridized carbons (Fsp3) is 0.438. The van der Waals surface area contributed by atoms with Gasteiger partial charge in [-0.25, -0.2) is 9.59 Å². The number of nitrogens with one attached hydrogen (secondary N) is 1. The van der Waals surface area contributed by atoms with E-state index >= 15 is 0 Å². The van der Waals surface area contributed by atoms with E-state index < -0.39 is 11.9 Å². The Bertz CT molecular complexity index is 539. The first kappa shape index (κ1) is 19.0. The number of rotatable bonds is 8. The molecule has 126 valence electrons. The summed E-state index contributed by atoms with van der Waals surface area (Å²) in [6.45, 7) is 2.09. The number of methoxy groups -OCH3 is 2. The molecule has 1 aromatic rings. The van der Waals surface area contributed by atoms with E-state index in [1.54, 1.807) is 0 Å². The number of hydrogen-bond donors (Lipinski definition) is 1. The van der Waals surface area contributed by atoms with E-state index in [1.807, 2.05) is 0 Å². The number of unbranched alkanes of at least 4 members (excludes halogenated alkanes) is 1. The summed E-state index contributed by atoms with van der Waals surface area (Å²) in [6.07, 6.45) is 2.14. The maximum atomic E-state index is 11.9. The second-order valence-electron chi connectivity index (χ2n) is 4.74. The molecule has 0 fully saturated rings. The first-order valence-corrected chi connectivity index (χ1v) is 8.36. The third-order valence-electron chi connectivity index (χ3n) is 2.93. The molecule has 0 heterocycles. The van der Waals surface area contributed by atoms with Crippen LogP contribution >= 0.6 is 11.8 Å². The molecular formula is C16H21NO5S. The second kappa shape index (κ2) is 9.89. The van der Waals surface area contributed by atoms with Crippen molar-refractivity contribution in [2.24, 2.45) is 0 Å². The van der Waals surface area contributed by atoms with Gasteiger partial charge in [-0.2, -0.15) is 11.8 Å². The minimum Gasteiger partial charge on any atom is -0.465 e. The lowest BCUT2D eigenvalue weighted by Gasteiger charge is -2.09. The number of amides is 1. The molecule has 1 amide bonds. The fourth-order valence-corrected chi connectivity index (χ4v) is 2.67. The van der Waals surface area contributed by atoms with Crippen LogP contribution in [0.3, 0.4) is 0 Å². The molecule has 0 bridgehead atoms. The maximum absolute atomic E-state index is 11.9. The van der Waals surface area contributed by atoms with Crippen LogP contribution < -0.4 is 5.32 Å². The van der Waals surface area contributed by atoms with Crippen molar-refractivity contribution in [3.63, 3.8) is 0 Å². The van der Waals surface area contributed by atoms with Crippen LogP contribution in [-0.2, 0) is 14.3 Å². The Labute approximate surface area is 139 Å². The van der Waals surface area contributed by atoms with Gasteiger partial charge in [0.15, 0.2) is 0 Å². The Balaban J connectivity index is 2.85. The third-order valence-corrected chi connectivity index (χ3v) is 3.98. The number of carbonyl (C=O) groups excluding carboxylic acids is 3. The monoisotopic (exact) mass is 339 g/mol. The predicted molar refractivity (Wildman–Crippen MR) is 90.0 cm³/mol. The largest absolute Gasteiger partial charge is 0.465 e. The smallest absolute Gasteiger partial charge is 0.337 e. The Morgan fingerprint density at radius 2 is 1.61 bits per heavy atom. The van der Waals surface area contributed by atoms with Crippen LogP contribution in [0.25, 0.3) is 0 Å². The van der Waals surface area contributed by atoms with Crippen molar-refractivity contribution < 1.29 is 23.9 Å². The first-order valence-electron chi connectivity index (χ1n) is 7.21. The van der Waals surface area contributed by atoms with Crippen LogP contribution in [0.1, 0.15) is 40.5 Å². The van der Waals surface area contributed by atoms with Gasteiger partial charge in [0.05, 0.1) is 31.1 Å². The van der Waals surface area contributed by atoms with E-state index in [0.29, 0.717) is 11.4 Å². The van der Waals surface area contributed by atoms with Crippen LogP contribution in [-0.4, -0.2) is 43.6 Å². The summed E-state index contributed by atoms with van der Waals surface area (Å²) in [6, 6.07) is 4.29. The van der Waals surface area contributed by atoms with Crippen molar-refractivity contribution in [1.82, 2.24) is 0 Å². The minimum absolute atomic E-state index is 0.171. The highest BCUT2D eigenvalue weighted by Gasteiger charge is 2.14. The molecule has 0 saturated carbocycles. The molecular weight excluding hydrogens is 318 g/mol. The molecule has 0 aromatic heterocycles. The average Bonchev–Trinajstić information content (AvgIpc) is 2.56. The zero-order valence-electron chi connectivity index (χ0n) is 13.5. The standard InChI is InChI=1S/C16H21NO5S/c1-4-5-6-23-10-14(18)17-13-8-11(15(19)21-2)7-12(9-13)16(20)22-3/h7-9H,4-6,10H2,1-3H3,(H,17,18). The summed E-state index contributed by atoms with van der Waals surface area (Å²) < 4.78 is 9.30. The van der Waals surface area contributed by atoms with Crippen molar-refractivity contribution in [2.75, 3.05) is 31.0 Å². The van der Waals surface area contributed by atoms with Crippen molar-refractivity contribution >= 4 is 35.3 Å². The second-order valence-corrected chi connectivity index (χ2v) is 5.84. The molecule has 23 heavy (non-hydrogen) atoms. The molecule has 1 rings (SSSR count). The number of carbonyl (C=O) groups is 3. The third kappa shape index (κ3) is 6.32. The van der Waals surface area contributed by atoms with E-state index in [0.717, 1.165) is 18.6 Å². The maximum Gasteiger partial charge on any atom is 0.337 e. The van der Waals surface area contributed by atoms with Gasteiger partial charge in [0.1, 0.15) is 0 Å². The van der Waals surface area contributed by atoms with Crippen LogP contribution in [0.15, 0.2) is 18.2 Å². The number of esters is 2. The van der Waals surface area contributed by atoms with Crippen LogP contribution in [0, 0.1) is 0 Å². The van der Waals surface area contributed by atoms with Crippen molar-refractivity contribution in [2.45, 2.75) is 19.8 Å². The molecule has 7 heteroatoms. The highest BCUT2D eigenvalue weighted by molar-refractivity contribution is 7.99. The van der Waals surface area contributed by atoms with E-state index in [2.05, 4.69) is 21.7 Å². The molecule has 0 aliphatic carbocycles. The lowest BCUT2D eigenvalue weighted by molar-refractivity contribution is -0.113. The average molecular weight is 339 g/mol. The van der Waals surface area contributed by atoms with Crippen molar-refractivity contribution in [3.05, 3.63) is 29.3 Å². The SMILES string of the molecule is CCCCSCC(=O)Nc1cc(C(=O)OC)cc(C(=O)OC)c1. The molecule has 0 atom stereocenters. The lowest BCUT2D eigenvalue weighted by atomic mass is 10.1. The summed E-state index contributed by atoms with van der Waals surface area (Å²) in [4.78, 5) is 35.2. The lowest BCUT2D eigenvalue weighted by Crippen LogP contribution is -2.16. The van der Waals surface area contributed by atoms with Gasteiger partial charge >= 0.3 is 11.9 Å². The number of thioether (sulfide) groups is 1. The molecule has 0 radical (unpaired) electrons. The van der Waals surface area contributed by atoms with Gasteiger partial charge in [0.2, 0.25) is 5.91 Å². The number of benzene rings is 1. The summed E-state index contributed by atoms with van der Waals surface area (Å²) in [5.74, 6) is -0.147. The van der Waals surface area contributed by atoms with Gasteiger partial charge in [0, 0.05) is 5.69 Å². The van der Waals surface area contributed by atoms with Crippen LogP contribution in [0.5, 0.6) is 0 Å². The highest BCUT2D eigenvalue weighted by atomic mass is 32.2. The highest BCUT2D eigenvalue weighted by Crippen LogP contribution is 2.17. The van der Waals surface area contributed by atoms with Gasteiger partial charge in [-0.1, -0.05) is 13.3 Å². The van der Waals surface area contributed by atoms with E-state index in [9.17, 15) is 14.4 Å². The minimum atomic E-state index is -0.594. The number of hydrogen-bond acceptors (Lipinski definition) is 6. The first-order chi connectivity index (χ1) is 11.0. The molecule has 6 nitrogen and oxygen atoms in total. The normalized spacial score (nSPS) is 10.0. The Morgan fingerprint density at radius 3 is 2.09 bits per heavy atom. The van der Waals surface area contributed by atoms with Gasteiger partial charge in [-0.05, 0) is 30.4 Å². The summed E-state index contributed by atoms with van der Waals surface area (Å²) in [5, 5.41) is 2.68.